The van der Waals surface area contributed by atoms with E-state index in [9.17, 15) is 31.1 Å². The maximum Gasteiger partial charge on any atom is 0.490 e. The van der Waals surface area contributed by atoms with Crippen LogP contribution in [0.25, 0.3) is 0 Å². The molecule has 2 aliphatic heterocycles. The maximum atomic E-state index is 12.8. The van der Waals surface area contributed by atoms with Crippen molar-refractivity contribution in [3.63, 3.8) is 0 Å². The van der Waals surface area contributed by atoms with Crippen LogP contribution in [0.2, 0.25) is 0 Å². The molecule has 15 heteroatoms. The molecule has 2 unspecified atom stereocenters. The number of pyridine rings is 1. The summed E-state index contributed by atoms with van der Waals surface area (Å²) >= 11 is 1.80. The van der Waals surface area contributed by atoms with Crippen LogP contribution in [-0.4, -0.2) is 74.8 Å². The maximum absolute atomic E-state index is 12.8. The van der Waals surface area contributed by atoms with Crippen molar-refractivity contribution in [1.82, 2.24) is 14.8 Å². The van der Waals surface area contributed by atoms with Gasteiger partial charge in [-0.05, 0) is 41.5 Å². The largest absolute Gasteiger partial charge is 0.490 e. The molecule has 2 aliphatic rings. The molecule has 0 aliphatic carbocycles. The molecule has 8 nitrogen and oxygen atoms in total. The first-order valence-electron chi connectivity index (χ1n) is 10.7. The van der Waals surface area contributed by atoms with E-state index < -0.39 is 24.3 Å². The third-order valence-corrected chi connectivity index (χ3v) is 6.34. The van der Waals surface area contributed by atoms with Gasteiger partial charge in [0, 0.05) is 50.0 Å². The molecule has 37 heavy (non-hydrogen) atoms. The summed E-state index contributed by atoms with van der Waals surface area (Å²) < 4.78 is 63.5. The fourth-order valence-electron chi connectivity index (χ4n) is 3.82. The molecule has 0 aromatic carbocycles. The van der Waals surface area contributed by atoms with E-state index in [1.165, 1.54) is 10.4 Å². The molecular formula is C22H23F6N3O5S. The van der Waals surface area contributed by atoms with Crippen molar-refractivity contribution in [2.75, 3.05) is 19.6 Å². The SMILES string of the molecule is O=C(O)C(F)(F)F.O=C(O)C(F)(F)F.O=C1C2CN(Cc3cccs3)CC2CCN1Cc1ccncc1. The van der Waals surface area contributed by atoms with Crippen molar-refractivity contribution >= 4 is 29.2 Å². The lowest BCUT2D eigenvalue weighted by molar-refractivity contribution is -0.193. The van der Waals surface area contributed by atoms with Crippen molar-refractivity contribution in [2.45, 2.75) is 31.9 Å². The summed E-state index contributed by atoms with van der Waals surface area (Å²) in [5.74, 6) is -4.45. The third-order valence-electron chi connectivity index (χ3n) is 5.48. The van der Waals surface area contributed by atoms with Crippen LogP contribution in [0.15, 0.2) is 42.0 Å². The van der Waals surface area contributed by atoms with Gasteiger partial charge < -0.3 is 15.1 Å². The number of aliphatic carboxylic acids is 2. The lowest BCUT2D eigenvalue weighted by Crippen LogP contribution is -2.44. The van der Waals surface area contributed by atoms with Gasteiger partial charge in [-0.3, -0.25) is 14.7 Å². The summed E-state index contributed by atoms with van der Waals surface area (Å²) in [7, 11) is 0. The Labute approximate surface area is 211 Å². The molecule has 0 saturated carbocycles. The number of likely N-dealkylation sites (tertiary alicyclic amines) is 2. The van der Waals surface area contributed by atoms with Crippen LogP contribution in [0.1, 0.15) is 16.9 Å². The predicted octanol–water partition coefficient (Wildman–Crippen LogP) is 3.89. The summed E-state index contributed by atoms with van der Waals surface area (Å²) in [4.78, 5) is 40.6. The number of carboxylic acid groups (broad SMARTS) is 2. The number of carbonyl (C=O) groups is 3. The smallest absolute Gasteiger partial charge is 0.475 e. The lowest BCUT2D eigenvalue weighted by atomic mass is 9.88. The molecule has 4 heterocycles. The Morgan fingerprint density at radius 1 is 0.973 bits per heavy atom. The Bertz CT molecular complexity index is 1010. The van der Waals surface area contributed by atoms with Gasteiger partial charge in [0.15, 0.2) is 0 Å². The number of rotatable bonds is 4. The fraction of sp³-hybridized carbons (Fsp3) is 0.455. The van der Waals surface area contributed by atoms with Crippen molar-refractivity contribution in [3.05, 3.63) is 52.5 Å². The number of amides is 1. The Kier molecular flexibility index (Phi) is 10.4. The molecule has 2 N–H and O–H groups in total. The minimum atomic E-state index is -5.08. The average molecular weight is 555 g/mol. The van der Waals surface area contributed by atoms with Gasteiger partial charge in [0.25, 0.3) is 0 Å². The van der Waals surface area contributed by atoms with Crippen LogP contribution in [0.5, 0.6) is 0 Å². The van der Waals surface area contributed by atoms with E-state index in [2.05, 4.69) is 27.4 Å². The number of carbonyl (C=O) groups excluding carboxylic acids is 1. The molecule has 4 rings (SSSR count). The topological polar surface area (TPSA) is 111 Å². The minimum Gasteiger partial charge on any atom is -0.475 e. The molecule has 0 radical (unpaired) electrons. The van der Waals surface area contributed by atoms with Crippen molar-refractivity contribution < 1.29 is 50.9 Å². The van der Waals surface area contributed by atoms with E-state index in [1.807, 2.05) is 17.0 Å². The number of aromatic nitrogens is 1. The van der Waals surface area contributed by atoms with Gasteiger partial charge in [-0.1, -0.05) is 6.07 Å². The number of alkyl halides is 6. The molecule has 0 spiro atoms. The molecule has 2 fully saturated rings. The first kappa shape index (κ1) is 30.0. The monoisotopic (exact) mass is 555 g/mol. The Morgan fingerprint density at radius 2 is 1.54 bits per heavy atom. The highest BCUT2D eigenvalue weighted by atomic mass is 32.1. The first-order chi connectivity index (χ1) is 17.2. The van der Waals surface area contributed by atoms with E-state index in [0.717, 1.165) is 39.1 Å². The van der Waals surface area contributed by atoms with Gasteiger partial charge in [0.1, 0.15) is 0 Å². The van der Waals surface area contributed by atoms with E-state index >= 15 is 0 Å². The average Bonchev–Trinajstić information content (AvgIpc) is 3.46. The minimum absolute atomic E-state index is 0.186. The number of halogens is 6. The van der Waals surface area contributed by atoms with E-state index in [4.69, 9.17) is 19.8 Å². The standard InChI is InChI=1S/C18H21N3OS.2C2HF3O2/c22-18-17-13-20(12-16-2-1-9-23-16)11-15(17)5-8-21(18)10-14-3-6-19-7-4-14;2*3-2(4,5)1(6)7/h1-4,6-7,9,15,17H,5,8,10-13H2;2*(H,6,7). The summed E-state index contributed by atoms with van der Waals surface area (Å²) in [6.45, 7) is 4.57. The number of carboxylic acids is 2. The van der Waals surface area contributed by atoms with Crippen LogP contribution >= 0.6 is 11.3 Å². The molecule has 0 bridgehead atoms. The van der Waals surface area contributed by atoms with E-state index in [-0.39, 0.29) is 5.92 Å². The highest BCUT2D eigenvalue weighted by Gasteiger charge is 2.42. The summed E-state index contributed by atoms with van der Waals surface area (Å²) in [6.07, 6.45) is -5.45. The number of hydrogen-bond acceptors (Lipinski definition) is 6. The van der Waals surface area contributed by atoms with Crippen LogP contribution < -0.4 is 0 Å². The lowest BCUT2D eigenvalue weighted by Gasteiger charge is -2.34. The number of nitrogens with zero attached hydrogens (tertiary/aromatic N) is 3. The molecule has 2 saturated heterocycles. The zero-order valence-electron chi connectivity index (χ0n) is 19.1. The van der Waals surface area contributed by atoms with E-state index in [0.29, 0.717) is 11.8 Å². The number of hydrogen-bond donors (Lipinski definition) is 2. The first-order valence-corrected chi connectivity index (χ1v) is 11.6. The summed E-state index contributed by atoms with van der Waals surface area (Å²) in [5, 5.41) is 16.4. The van der Waals surface area contributed by atoms with Gasteiger partial charge in [-0.15, -0.1) is 11.3 Å². The third kappa shape index (κ3) is 9.64. The Hall–Kier alpha value is -3.20. The zero-order chi connectivity index (χ0) is 27.8. The van der Waals surface area contributed by atoms with Gasteiger partial charge in [-0.25, -0.2) is 9.59 Å². The van der Waals surface area contributed by atoms with Gasteiger partial charge >= 0.3 is 24.3 Å². The Morgan fingerprint density at radius 3 is 2.03 bits per heavy atom. The van der Waals surface area contributed by atoms with Crippen molar-refractivity contribution in [2.24, 2.45) is 11.8 Å². The zero-order valence-corrected chi connectivity index (χ0v) is 19.9. The quantitative estimate of drug-likeness (QED) is 0.551. The normalized spacial score (nSPS) is 19.7. The van der Waals surface area contributed by atoms with E-state index in [1.54, 1.807) is 23.7 Å². The predicted molar refractivity (Wildman–Crippen MR) is 118 cm³/mol. The number of fused-ring (bicyclic) bond motifs is 1. The molecule has 2 aromatic rings. The second-order valence-electron chi connectivity index (χ2n) is 8.15. The second-order valence-corrected chi connectivity index (χ2v) is 9.18. The summed E-state index contributed by atoms with van der Waals surface area (Å²) in [6, 6.07) is 8.28. The summed E-state index contributed by atoms with van der Waals surface area (Å²) in [5.41, 5.74) is 1.17. The molecule has 2 aromatic heterocycles. The van der Waals surface area contributed by atoms with Crippen LogP contribution in [0, 0.1) is 11.8 Å². The van der Waals surface area contributed by atoms with Crippen molar-refractivity contribution in [1.29, 1.82) is 0 Å². The molecular weight excluding hydrogens is 532 g/mol. The fourth-order valence-corrected chi connectivity index (χ4v) is 4.56. The van der Waals surface area contributed by atoms with Crippen LogP contribution in [0.3, 0.4) is 0 Å². The highest BCUT2D eigenvalue weighted by molar-refractivity contribution is 7.09. The highest BCUT2D eigenvalue weighted by Crippen LogP contribution is 2.33. The molecule has 204 valence electrons. The molecule has 1 amide bonds. The number of thiophene rings is 1. The van der Waals surface area contributed by atoms with Gasteiger partial charge in [0.05, 0.1) is 5.92 Å². The van der Waals surface area contributed by atoms with Gasteiger partial charge in [-0.2, -0.15) is 26.3 Å². The second kappa shape index (κ2) is 12.9. The Balaban J connectivity index is 0.000000286. The van der Waals surface area contributed by atoms with Crippen LogP contribution in [-0.2, 0) is 27.5 Å². The molecule has 2 atom stereocenters. The van der Waals surface area contributed by atoms with Crippen LogP contribution in [0.4, 0.5) is 26.3 Å². The van der Waals surface area contributed by atoms with Gasteiger partial charge in [0.2, 0.25) is 5.91 Å². The number of piperidine rings is 1. The van der Waals surface area contributed by atoms with Crippen molar-refractivity contribution in [3.8, 4) is 0 Å².